The predicted octanol–water partition coefficient (Wildman–Crippen LogP) is 4.42. The van der Waals surface area contributed by atoms with Crippen LogP contribution in [0.2, 0.25) is 0 Å². The summed E-state index contributed by atoms with van der Waals surface area (Å²) in [4.78, 5) is 2.37. The summed E-state index contributed by atoms with van der Waals surface area (Å²) in [7, 11) is 2.19. The van der Waals surface area contributed by atoms with E-state index in [0.29, 0.717) is 11.8 Å². The number of likely N-dealkylation sites (N-methyl/N-ethyl adjacent to an activating group) is 1. The third-order valence-corrected chi connectivity index (χ3v) is 4.43. The highest BCUT2D eigenvalue weighted by molar-refractivity contribution is 5.36. The lowest BCUT2D eigenvalue weighted by atomic mass is 9.88. The van der Waals surface area contributed by atoms with Crippen LogP contribution in [0.5, 0.6) is 0 Å². The minimum Gasteiger partial charge on any atom is -0.302 e. The van der Waals surface area contributed by atoms with Crippen LogP contribution in [-0.4, -0.2) is 25.0 Å². The molecule has 108 valence electrons. The molecule has 0 bridgehead atoms. The lowest BCUT2D eigenvalue weighted by Crippen LogP contribution is -2.27. The number of hydrogen-bond acceptors (Lipinski definition) is 1. The zero-order valence-electron chi connectivity index (χ0n) is 12.9. The maximum absolute atomic E-state index is 2.38. The second kappa shape index (κ2) is 6.28. The van der Waals surface area contributed by atoms with Crippen LogP contribution in [0.3, 0.4) is 0 Å². The van der Waals surface area contributed by atoms with Crippen LogP contribution >= 0.6 is 0 Å². The third-order valence-electron chi connectivity index (χ3n) is 4.43. The van der Waals surface area contributed by atoms with Crippen LogP contribution < -0.4 is 0 Å². The molecule has 0 fully saturated rings. The molecule has 2 atom stereocenters. The highest BCUT2D eigenvalue weighted by Gasteiger charge is 2.16. The van der Waals surface area contributed by atoms with Gasteiger partial charge in [-0.05, 0) is 23.7 Å². The first-order valence-electron chi connectivity index (χ1n) is 7.74. The van der Waals surface area contributed by atoms with Crippen LogP contribution in [0.15, 0.2) is 66.7 Å². The number of benzene rings is 2. The van der Waals surface area contributed by atoms with E-state index in [1.807, 2.05) is 0 Å². The number of nitrogens with zero attached hydrogens (tertiary/aromatic N) is 1. The fourth-order valence-corrected chi connectivity index (χ4v) is 3.09. The minimum atomic E-state index is 0.441. The maximum Gasteiger partial charge on any atom is 0.0160 e. The molecular formula is C20H23N. The molecule has 1 heterocycles. The van der Waals surface area contributed by atoms with Crippen molar-refractivity contribution in [3.8, 4) is 0 Å². The van der Waals surface area contributed by atoms with Gasteiger partial charge in [0, 0.05) is 24.9 Å². The van der Waals surface area contributed by atoms with Crippen molar-refractivity contribution in [2.24, 2.45) is 0 Å². The quantitative estimate of drug-likeness (QED) is 0.750. The van der Waals surface area contributed by atoms with Crippen molar-refractivity contribution in [3.63, 3.8) is 0 Å². The first-order valence-corrected chi connectivity index (χ1v) is 7.74. The normalized spacial score (nSPS) is 20.4. The molecule has 3 rings (SSSR count). The van der Waals surface area contributed by atoms with E-state index < -0.39 is 0 Å². The topological polar surface area (TPSA) is 3.24 Å². The molecule has 0 aromatic heterocycles. The monoisotopic (exact) mass is 277 g/mol. The van der Waals surface area contributed by atoms with Crippen molar-refractivity contribution in [1.29, 1.82) is 0 Å². The molecule has 0 spiro atoms. The van der Waals surface area contributed by atoms with Gasteiger partial charge in [-0.3, -0.25) is 0 Å². The molecule has 2 unspecified atom stereocenters. The summed E-state index contributed by atoms with van der Waals surface area (Å²) in [5.41, 5.74) is 4.21. The van der Waals surface area contributed by atoms with Crippen LogP contribution in [0.4, 0.5) is 0 Å². The summed E-state index contributed by atoms with van der Waals surface area (Å²) >= 11 is 0. The standard InChI is InChI=1S/C20H23N/c1-16(17-8-4-3-5-9-17)18-10-6-11-19(14-18)20-12-7-13-21(2)15-20/h3-12,14,16,20H,13,15H2,1-2H3. The van der Waals surface area contributed by atoms with Gasteiger partial charge in [-0.25, -0.2) is 0 Å². The Morgan fingerprint density at radius 2 is 1.76 bits per heavy atom. The largest absolute Gasteiger partial charge is 0.302 e. The highest BCUT2D eigenvalue weighted by atomic mass is 15.1. The van der Waals surface area contributed by atoms with Crippen LogP contribution in [0.1, 0.15) is 35.4 Å². The van der Waals surface area contributed by atoms with Crippen molar-refractivity contribution in [2.45, 2.75) is 18.8 Å². The molecule has 1 aliphatic heterocycles. The fourth-order valence-electron chi connectivity index (χ4n) is 3.09. The highest BCUT2D eigenvalue weighted by Crippen LogP contribution is 2.28. The van der Waals surface area contributed by atoms with E-state index in [1.165, 1.54) is 16.7 Å². The average Bonchev–Trinajstić information content (AvgIpc) is 2.55. The van der Waals surface area contributed by atoms with Crippen molar-refractivity contribution in [3.05, 3.63) is 83.4 Å². The third kappa shape index (κ3) is 3.25. The predicted molar refractivity (Wildman–Crippen MR) is 89.8 cm³/mol. The maximum atomic E-state index is 2.38. The first kappa shape index (κ1) is 14.1. The average molecular weight is 277 g/mol. The summed E-state index contributed by atoms with van der Waals surface area (Å²) in [5, 5.41) is 0. The van der Waals surface area contributed by atoms with Crippen LogP contribution in [0.25, 0.3) is 0 Å². The summed E-state index contributed by atoms with van der Waals surface area (Å²) in [6, 6.07) is 19.8. The zero-order valence-corrected chi connectivity index (χ0v) is 12.9. The van der Waals surface area contributed by atoms with E-state index in [2.05, 4.69) is 85.6 Å². The van der Waals surface area contributed by atoms with Gasteiger partial charge in [0.05, 0.1) is 0 Å². The van der Waals surface area contributed by atoms with Crippen molar-refractivity contribution < 1.29 is 0 Å². The Morgan fingerprint density at radius 1 is 1.00 bits per heavy atom. The van der Waals surface area contributed by atoms with Gasteiger partial charge in [0.25, 0.3) is 0 Å². The van der Waals surface area contributed by atoms with Crippen LogP contribution in [0, 0.1) is 0 Å². The van der Waals surface area contributed by atoms with E-state index in [0.717, 1.165) is 13.1 Å². The zero-order chi connectivity index (χ0) is 14.7. The lowest BCUT2D eigenvalue weighted by Gasteiger charge is -2.26. The Hall–Kier alpha value is -1.86. The first-order chi connectivity index (χ1) is 10.2. The van der Waals surface area contributed by atoms with E-state index in [1.54, 1.807) is 0 Å². The Morgan fingerprint density at radius 3 is 2.52 bits per heavy atom. The molecule has 1 nitrogen and oxygen atoms in total. The van der Waals surface area contributed by atoms with Gasteiger partial charge in [0.15, 0.2) is 0 Å². The lowest BCUT2D eigenvalue weighted by molar-refractivity contribution is 0.345. The van der Waals surface area contributed by atoms with Gasteiger partial charge < -0.3 is 4.90 Å². The molecule has 2 aromatic rings. The van der Waals surface area contributed by atoms with Crippen LogP contribution in [-0.2, 0) is 0 Å². The molecule has 1 aliphatic rings. The number of rotatable bonds is 3. The molecule has 1 heteroatoms. The fraction of sp³-hybridized carbons (Fsp3) is 0.300. The molecule has 0 radical (unpaired) electrons. The summed E-state index contributed by atoms with van der Waals surface area (Å²) in [5.74, 6) is 0.961. The summed E-state index contributed by atoms with van der Waals surface area (Å²) < 4.78 is 0. The van der Waals surface area contributed by atoms with Gasteiger partial charge in [0.2, 0.25) is 0 Å². The Kier molecular flexibility index (Phi) is 4.21. The van der Waals surface area contributed by atoms with E-state index >= 15 is 0 Å². The van der Waals surface area contributed by atoms with Crippen molar-refractivity contribution in [2.75, 3.05) is 20.1 Å². The molecule has 0 saturated heterocycles. The van der Waals surface area contributed by atoms with Gasteiger partial charge in [-0.1, -0.05) is 73.7 Å². The van der Waals surface area contributed by atoms with Gasteiger partial charge in [0.1, 0.15) is 0 Å². The van der Waals surface area contributed by atoms with Gasteiger partial charge in [-0.15, -0.1) is 0 Å². The SMILES string of the molecule is CC(c1ccccc1)c1cccc(C2C=CCN(C)C2)c1. The van der Waals surface area contributed by atoms with E-state index in [4.69, 9.17) is 0 Å². The van der Waals surface area contributed by atoms with Gasteiger partial charge >= 0.3 is 0 Å². The molecular weight excluding hydrogens is 254 g/mol. The van der Waals surface area contributed by atoms with Crippen molar-refractivity contribution >= 4 is 0 Å². The molecule has 0 aliphatic carbocycles. The van der Waals surface area contributed by atoms with Crippen molar-refractivity contribution in [1.82, 2.24) is 4.90 Å². The summed E-state index contributed by atoms with van der Waals surface area (Å²) in [6.07, 6.45) is 4.63. The van der Waals surface area contributed by atoms with Gasteiger partial charge in [-0.2, -0.15) is 0 Å². The Bertz CT molecular complexity index is 615. The second-order valence-corrected chi connectivity index (χ2v) is 6.06. The second-order valence-electron chi connectivity index (χ2n) is 6.06. The molecule has 0 amide bonds. The minimum absolute atomic E-state index is 0.441. The Labute approximate surface area is 127 Å². The van der Waals surface area contributed by atoms with E-state index in [-0.39, 0.29) is 0 Å². The molecule has 21 heavy (non-hydrogen) atoms. The smallest absolute Gasteiger partial charge is 0.0160 e. The molecule has 0 N–H and O–H groups in total. The molecule has 0 saturated carbocycles. The summed E-state index contributed by atoms with van der Waals surface area (Å²) in [6.45, 7) is 4.47. The number of hydrogen-bond donors (Lipinski definition) is 0. The van der Waals surface area contributed by atoms with E-state index in [9.17, 15) is 0 Å². The Balaban J connectivity index is 1.86. The molecule has 2 aromatic carbocycles.